The highest BCUT2D eigenvalue weighted by atomic mass is 16.5. The summed E-state index contributed by atoms with van der Waals surface area (Å²) in [4.78, 5) is 9.80. The summed E-state index contributed by atoms with van der Waals surface area (Å²) in [6, 6.07) is 0. The highest BCUT2D eigenvalue weighted by Gasteiger charge is 1.85. The third-order valence-electron chi connectivity index (χ3n) is 1.06. The maximum absolute atomic E-state index is 9.80. The zero-order valence-electron chi connectivity index (χ0n) is 5.93. The Hall–Kier alpha value is -0.370. The first-order chi connectivity index (χ1) is 4.41. The Morgan fingerprint density at radius 1 is 1.44 bits per heavy atom. The van der Waals surface area contributed by atoms with Gasteiger partial charge in [-0.3, -0.25) is 0 Å². The highest BCUT2D eigenvalue weighted by molar-refractivity contribution is 5.48. The van der Waals surface area contributed by atoms with E-state index in [0.717, 1.165) is 32.3 Å². The summed E-state index contributed by atoms with van der Waals surface area (Å²) in [6.45, 7) is 3.55. The molecule has 0 fully saturated rings. The molecule has 9 heavy (non-hydrogen) atoms. The van der Waals surface area contributed by atoms with Gasteiger partial charge in [0.2, 0.25) is 0 Å². The summed E-state index contributed by atoms with van der Waals surface area (Å²) < 4.78 is 5.06. The summed E-state index contributed by atoms with van der Waals surface area (Å²) in [5.41, 5.74) is 0. The average Bonchev–Trinajstić information content (AvgIpc) is 1.89. The Morgan fingerprint density at radius 3 is 2.78 bits per heavy atom. The van der Waals surface area contributed by atoms with Crippen LogP contribution in [-0.2, 0) is 9.53 Å². The van der Waals surface area contributed by atoms with E-state index in [9.17, 15) is 4.79 Å². The number of aldehydes is 1. The van der Waals surface area contributed by atoms with Crippen molar-refractivity contribution in [3.05, 3.63) is 0 Å². The Morgan fingerprint density at radius 2 is 2.22 bits per heavy atom. The lowest BCUT2D eigenvalue weighted by molar-refractivity contribution is -0.107. The molecule has 0 unspecified atom stereocenters. The molecule has 0 aromatic heterocycles. The molecule has 0 amide bonds. The van der Waals surface area contributed by atoms with Gasteiger partial charge in [0.05, 0.1) is 0 Å². The maximum Gasteiger partial charge on any atom is 0.119 e. The fourth-order valence-corrected chi connectivity index (χ4v) is 0.576. The molecular weight excluding hydrogens is 116 g/mol. The topological polar surface area (TPSA) is 26.3 Å². The molecule has 0 N–H and O–H groups in total. The summed E-state index contributed by atoms with van der Waals surface area (Å²) in [5.74, 6) is 0. The second kappa shape index (κ2) is 7.63. The number of rotatable bonds is 6. The number of hydrogen-bond acceptors (Lipinski definition) is 2. The Balaban J connectivity index is 2.66. The van der Waals surface area contributed by atoms with E-state index in [1.165, 1.54) is 0 Å². The van der Waals surface area contributed by atoms with Crippen LogP contribution in [0.5, 0.6) is 0 Å². The lowest BCUT2D eigenvalue weighted by Crippen LogP contribution is -1.92. The smallest absolute Gasteiger partial charge is 0.119 e. The van der Waals surface area contributed by atoms with Crippen molar-refractivity contribution in [1.82, 2.24) is 0 Å². The van der Waals surface area contributed by atoms with Crippen LogP contribution in [0.2, 0.25) is 0 Å². The van der Waals surface area contributed by atoms with Gasteiger partial charge < -0.3 is 9.53 Å². The van der Waals surface area contributed by atoms with E-state index in [4.69, 9.17) is 4.74 Å². The first-order valence-electron chi connectivity index (χ1n) is 3.43. The van der Waals surface area contributed by atoms with Gasteiger partial charge in [-0.2, -0.15) is 0 Å². The lowest BCUT2D eigenvalue weighted by Gasteiger charge is -1.96. The minimum atomic E-state index is 0.674. The standard InChI is InChI=1S/C7H14O2/c1-2-9-7-5-3-4-6-8/h6H,2-5,7H2,1H3. The van der Waals surface area contributed by atoms with Crippen molar-refractivity contribution in [2.75, 3.05) is 13.2 Å². The molecule has 0 radical (unpaired) electrons. The molecule has 0 heterocycles. The van der Waals surface area contributed by atoms with Gasteiger partial charge in [-0.05, 0) is 19.8 Å². The number of carbonyl (C=O) groups is 1. The van der Waals surface area contributed by atoms with Crippen LogP contribution in [0.1, 0.15) is 26.2 Å². The summed E-state index contributed by atoms with van der Waals surface area (Å²) in [6.07, 6.45) is 3.59. The van der Waals surface area contributed by atoms with Crippen molar-refractivity contribution in [1.29, 1.82) is 0 Å². The van der Waals surface area contributed by atoms with Gasteiger partial charge in [-0.15, -0.1) is 0 Å². The molecule has 0 aliphatic carbocycles. The van der Waals surface area contributed by atoms with E-state index in [-0.39, 0.29) is 0 Å². The summed E-state index contributed by atoms with van der Waals surface area (Å²) >= 11 is 0. The first-order valence-corrected chi connectivity index (χ1v) is 3.43. The zero-order valence-corrected chi connectivity index (χ0v) is 5.93. The number of ether oxygens (including phenoxy) is 1. The van der Waals surface area contributed by atoms with Crippen LogP contribution < -0.4 is 0 Å². The van der Waals surface area contributed by atoms with Crippen LogP contribution in [-0.4, -0.2) is 19.5 Å². The maximum atomic E-state index is 9.80. The van der Waals surface area contributed by atoms with Crippen molar-refractivity contribution in [3.63, 3.8) is 0 Å². The molecule has 0 rings (SSSR count). The normalized spacial score (nSPS) is 9.44. The molecule has 2 heteroatoms. The summed E-state index contributed by atoms with van der Waals surface area (Å²) in [5, 5.41) is 0. The second-order valence-corrected chi connectivity index (χ2v) is 1.86. The van der Waals surface area contributed by atoms with Gasteiger partial charge in [0.25, 0.3) is 0 Å². The molecule has 0 aromatic carbocycles. The van der Waals surface area contributed by atoms with Crippen LogP contribution in [0.3, 0.4) is 0 Å². The van der Waals surface area contributed by atoms with E-state index >= 15 is 0 Å². The molecule has 0 aliphatic heterocycles. The number of unbranched alkanes of at least 4 members (excludes halogenated alkanes) is 2. The van der Waals surface area contributed by atoms with E-state index in [0.29, 0.717) is 6.42 Å². The fourth-order valence-electron chi connectivity index (χ4n) is 0.576. The van der Waals surface area contributed by atoms with E-state index in [1.54, 1.807) is 0 Å². The molecule has 0 aromatic rings. The summed E-state index contributed by atoms with van der Waals surface area (Å²) in [7, 11) is 0. The van der Waals surface area contributed by atoms with Crippen molar-refractivity contribution in [2.45, 2.75) is 26.2 Å². The minimum Gasteiger partial charge on any atom is -0.382 e. The second-order valence-electron chi connectivity index (χ2n) is 1.86. The third kappa shape index (κ3) is 7.63. The van der Waals surface area contributed by atoms with Gasteiger partial charge in [-0.1, -0.05) is 0 Å². The fraction of sp³-hybridized carbons (Fsp3) is 0.857. The van der Waals surface area contributed by atoms with Crippen LogP contribution in [0.25, 0.3) is 0 Å². The molecule has 0 saturated heterocycles. The van der Waals surface area contributed by atoms with Crippen LogP contribution in [0.15, 0.2) is 0 Å². The Kier molecular flexibility index (Phi) is 7.32. The average molecular weight is 130 g/mol. The monoisotopic (exact) mass is 130 g/mol. The molecule has 0 bridgehead atoms. The molecule has 0 aliphatic rings. The van der Waals surface area contributed by atoms with Crippen molar-refractivity contribution in [2.24, 2.45) is 0 Å². The zero-order chi connectivity index (χ0) is 6.95. The van der Waals surface area contributed by atoms with Crippen LogP contribution in [0, 0.1) is 0 Å². The quantitative estimate of drug-likeness (QED) is 0.401. The van der Waals surface area contributed by atoms with Crippen LogP contribution in [0.4, 0.5) is 0 Å². The van der Waals surface area contributed by atoms with Gasteiger partial charge in [0.15, 0.2) is 0 Å². The SMILES string of the molecule is CCOCCCCC=O. The van der Waals surface area contributed by atoms with Crippen LogP contribution >= 0.6 is 0 Å². The predicted molar refractivity (Wildman–Crippen MR) is 36.4 cm³/mol. The third-order valence-corrected chi connectivity index (χ3v) is 1.06. The van der Waals surface area contributed by atoms with Gasteiger partial charge in [0.1, 0.15) is 6.29 Å². The van der Waals surface area contributed by atoms with Crippen molar-refractivity contribution >= 4 is 6.29 Å². The molecule has 0 saturated carbocycles. The van der Waals surface area contributed by atoms with E-state index in [2.05, 4.69) is 0 Å². The number of hydrogen-bond donors (Lipinski definition) is 0. The van der Waals surface area contributed by atoms with E-state index < -0.39 is 0 Å². The van der Waals surface area contributed by atoms with Gasteiger partial charge in [0, 0.05) is 19.6 Å². The highest BCUT2D eigenvalue weighted by Crippen LogP contribution is 1.91. The van der Waals surface area contributed by atoms with Gasteiger partial charge >= 0.3 is 0 Å². The Bertz CT molecular complexity index is 61.9. The van der Waals surface area contributed by atoms with Crippen molar-refractivity contribution in [3.8, 4) is 0 Å². The van der Waals surface area contributed by atoms with E-state index in [1.807, 2.05) is 6.92 Å². The molecular formula is C7H14O2. The molecule has 54 valence electrons. The first kappa shape index (κ1) is 8.63. The molecule has 2 nitrogen and oxygen atoms in total. The minimum absolute atomic E-state index is 0.674. The largest absolute Gasteiger partial charge is 0.382 e. The van der Waals surface area contributed by atoms with Gasteiger partial charge in [-0.25, -0.2) is 0 Å². The Labute approximate surface area is 56.2 Å². The molecule has 0 atom stereocenters. The molecule has 0 spiro atoms. The number of carbonyl (C=O) groups excluding carboxylic acids is 1. The predicted octanol–water partition coefficient (Wildman–Crippen LogP) is 1.39. The van der Waals surface area contributed by atoms with Crippen molar-refractivity contribution < 1.29 is 9.53 Å². The lowest BCUT2D eigenvalue weighted by atomic mass is 10.3.